The molecule has 0 unspecified atom stereocenters. The van der Waals surface area contributed by atoms with E-state index in [1.54, 1.807) is 6.20 Å². The normalized spacial score (nSPS) is 14.5. The fourth-order valence-corrected chi connectivity index (χ4v) is 1.39. The van der Waals surface area contributed by atoms with Gasteiger partial charge in [0.1, 0.15) is 5.82 Å². The molecule has 0 aliphatic heterocycles. The Morgan fingerprint density at radius 3 is 3.06 bits per heavy atom. The van der Waals surface area contributed by atoms with Crippen LogP contribution in [0.15, 0.2) is 18.3 Å². The van der Waals surface area contributed by atoms with Crippen LogP contribution in [0.4, 0.5) is 5.82 Å². The first kappa shape index (κ1) is 10.9. The van der Waals surface area contributed by atoms with Crippen molar-refractivity contribution < 1.29 is 4.79 Å². The van der Waals surface area contributed by atoms with Crippen LogP contribution < -0.4 is 10.6 Å². The van der Waals surface area contributed by atoms with E-state index in [0.717, 1.165) is 31.6 Å². The standard InChI is InChI=1S/C11H16N4O/c16-11(14-9-5-6-9)4-2-7-12-10-3-1-8-13-15-10/h1,3,8-9H,2,4-7H2,(H,12,15)(H,14,16). The Labute approximate surface area is 94.6 Å². The van der Waals surface area contributed by atoms with Crippen molar-refractivity contribution in [2.24, 2.45) is 0 Å². The molecule has 1 amide bonds. The van der Waals surface area contributed by atoms with E-state index in [-0.39, 0.29) is 5.91 Å². The average Bonchev–Trinajstić information content (AvgIpc) is 3.10. The molecule has 0 atom stereocenters. The van der Waals surface area contributed by atoms with Crippen LogP contribution in [-0.2, 0) is 4.79 Å². The average molecular weight is 220 g/mol. The largest absolute Gasteiger partial charge is 0.369 e. The predicted molar refractivity (Wildman–Crippen MR) is 60.9 cm³/mol. The number of carbonyl (C=O) groups is 1. The van der Waals surface area contributed by atoms with Crippen LogP contribution in [0.2, 0.25) is 0 Å². The summed E-state index contributed by atoms with van der Waals surface area (Å²) < 4.78 is 0. The van der Waals surface area contributed by atoms with E-state index < -0.39 is 0 Å². The highest BCUT2D eigenvalue weighted by Gasteiger charge is 2.22. The summed E-state index contributed by atoms with van der Waals surface area (Å²) in [7, 11) is 0. The van der Waals surface area contributed by atoms with Crippen LogP contribution in [0.3, 0.4) is 0 Å². The number of aromatic nitrogens is 2. The molecule has 1 heterocycles. The Kier molecular flexibility index (Phi) is 3.69. The van der Waals surface area contributed by atoms with Crippen molar-refractivity contribution in [2.45, 2.75) is 31.7 Å². The molecule has 5 heteroatoms. The van der Waals surface area contributed by atoms with Gasteiger partial charge < -0.3 is 10.6 Å². The van der Waals surface area contributed by atoms with Gasteiger partial charge in [0.15, 0.2) is 0 Å². The third kappa shape index (κ3) is 3.84. The zero-order valence-electron chi connectivity index (χ0n) is 9.15. The minimum atomic E-state index is 0.156. The molecule has 0 aromatic carbocycles. The summed E-state index contributed by atoms with van der Waals surface area (Å²) in [6.45, 7) is 0.747. The maximum absolute atomic E-state index is 11.3. The Morgan fingerprint density at radius 2 is 2.38 bits per heavy atom. The Hall–Kier alpha value is -1.65. The van der Waals surface area contributed by atoms with Gasteiger partial charge in [0.2, 0.25) is 5.91 Å². The number of carbonyl (C=O) groups excluding carboxylic acids is 1. The molecule has 1 fully saturated rings. The molecule has 1 aliphatic rings. The Morgan fingerprint density at radius 1 is 1.50 bits per heavy atom. The van der Waals surface area contributed by atoms with Gasteiger partial charge in [-0.2, -0.15) is 5.10 Å². The minimum Gasteiger partial charge on any atom is -0.369 e. The summed E-state index contributed by atoms with van der Waals surface area (Å²) in [6, 6.07) is 4.15. The summed E-state index contributed by atoms with van der Waals surface area (Å²) >= 11 is 0. The first-order chi connectivity index (χ1) is 7.84. The summed E-state index contributed by atoms with van der Waals surface area (Å²) in [6.07, 6.45) is 5.31. The molecule has 2 rings (SSSR count). The lowest BCUT2D eigenvalue weighted by atomic mass is 10.3. The van der Waals surface area contributed by atoms with Crippen LogP contribution in [0, 0.1) is 0 Å². The maximum atomic E-state index is 11.3. The molecule has 5 nitrogen and oxygen atoms in total. The molecule has 86 valence electrons. The van der Waals surface area contributed by atoms with Crippen molar-refractivity contribution in [3.8, 4) is 0 Å². The van der Waals surface area contributed by atoms with Gasteiger partial charge in [-0.25, -0.2) is 0 Å². The summed E-state index contributed by atoms with van der Waals surface area (Å²) in [5.41, 5.74) is 0. The van der Waals surface area contributed by atoms with Crippen molar-refractivity contribution >= 4 is 11.7 Å². The fraction of sp³-hybridized carbons (Fsp3) is 0.545. The number of hydrogen-bond donors (Lipinski definition) is 2. The molecule has 16 heavy (non-hydrogen) atoms. The highest BCUT2D eigenvalue weighted by molar-refractivity contribution is 5.76. The molecule has 1 aromatic rings. The molecule has 0 radical (unpaired) electrons. The van der Waals surface area contributed by atoms with E-state index in [1.165, 1.54) is 0 Å². The van der Waals surface area contributed by atoms with Crippen molar-refractivity contribution in [1.82, 2.24) is 15.5 Å². The molecule has 0 saturated heterocycles. The van der Waals surface area contributed by atoms with Crippen LogP contribution in [0.1, 0.15) is 25.7 Å². The Balaban J connectivity index is 1.56. The van der Waals surface area contributed by atoms with Crippen molar-refractivity contribution in [2.75, 3.05) is 11.9 Å². The van der Waals surface area contributed by atoms with Gasteiger partial charge in [-0.1, -0.05) is 0 Å². The van der Waals surface area contributed by atoms with Crippen LogP contribution >= 0.6 is 0 Å². The van der Waals surface area contributed by atoms with E-state index in [9.17, 15) is 4.79 Å². The lowest BCUT2D eigenvalue weighted by Crippen LogP contribution is -2.25. The number of hydrogen-bond acceptors (Lipinski definition) is 4. The third-order valence-electron chi connectivity index (χ3n) is 2.40. The second-order valence-electron chi connectivity index (χ2n) is 3.98. The molecule has 0 bridgehead atoms. The highest BCUT2D eigenvalue weighted by Crippen LogP contribution is 2.18. The molecule has 1 aliphatic carbocycles. The monoisotopic (exact) mass is 220 g/mol. The maximum Gasteiger partial charge on any atom is 0.220 e. The van der Waals surface area contributed by atoms with Crippen LogP contribution in [0.25, 0.3) is 0 Å². The van der Waals surface area contributed by atoms with Gasteiger partial charge in [0, 0.05) is 25.2 Å². The molecule has 2 N–H and O–H groups in total. The first-order valence-corrected chi connectivity index (χ1v) is 5.65. The fourth-order valence-electron chi connectivity index (χ4n) is 1.39. The number of nitrogens with one attached hydrogen (secondary N) is 2. The lowest BCUT2D eigenvalue weighted by molar-refractivity contribution is -0.121. The predicted octanol–water partition coefficient (Wildman–Crippen LogP) is 0.947. The highest BCUT2D eigenvalue weighted by atomic mass is 16.1. The molecular weight excluding hydrogens is 204 g/mol. The molecule has 1 aromatic heterocycles. The smallest absolute Gasteiger partial charge is 0.220 e. The van der Waals surface area contributed by atoms with Crippen molar-refractivity contribution in [3.63, 3.8) is 0 Å². The van der Waals surface area contributed by atoms with Crippen molar-refractivity contribution in [3.05, 3.63) is 18.3 Å². The van der Waals surface area contributed by atoms with E-state index in [2.05, 4.69) is 20.8 Å². The number of rotatable bonds is 6. The summed E-state index contributed by atoms with van der Waals surface area (Å²) in [5, 5.41) is 13.7. The van der Waals surface area contributed by atoms with Gasteiger partial charge in [-0.3, -0.25) is 4.79 Å². The second kappa shape index (κ2) is 5.44. The molecule has 1 saturated carbocycles. The van der Waals surface area contributed by atoms with Gasteiger partial charge in [-0.15, -0.1) is 5.10 Å². The van der Waals surface area contributed by atoms with Gasteiger partial charge in [-0.05, 0) is 31.4 Å². The topological polar surface area (TPSA) is 66.9 Å². The van der Waals surface area contributed by atoms with Crippen LogP contribution in [-0.4, -0.2) is 28.7 Å². The van der Waals surface area contributed by atoms with Gasteiger partial charge in [0.25, 0.3) is 0 Å². The lowest BCUT2D eigenvalue weighted by Gasteiger charge is -2.04. The molecular formula is C11H16N4O. The minimum absolute atomic E-state index is 0.156. The Bertz CT molecular complexity index is 337. The van der Waals surface area contributed by atoms with E-state index in [1.807, 2.05) is 12.1 Å². The van der Waals surface area contributed by atoms with Crippen LogP contribution in [0.5, 0.6) is 0 Å². The van der Waals surface area contributed by atoms with Crippen molar-refractivity contribution in [1.29, 1.82) is 0 Å². The van der Waals surface area contributed by atoms with E-state index >= 15 is 0 Å². The first-order valence-electron chi connectivity index (χ1n) is 5.65. The number of amides is 1. The SMILES string of the molecule is O=C(CCCNc1cccnn1)NC1CC1. The second-order valence-corrected chi connectivity index (χ2v) is 3.98. The van der Waals surface area contributed by atoms with Gasteiger partial charge in [0.05, 0.1) is 0 Å². The van der Waals surface area contributed by atoms with Gasteiger partial charge >= 0.3 is 0 Å². The number of nitrogens with zero attached hydrogens (tertiary/aromatic N) is 2. The van der Waals surface area contributed by atoms with E-state index in [4.69, 9.17) is 0 Å². The number of anilines is 1. The third-order valence-corrected chi connectivity index (χ3v) is 2.40. The quantitative estimate of drug-likeness (QED) is 0.700. The molecule has 0 spiro atoms. The summed E-state index contributed by atoms with van der Waals surface area (Å²) in [5.74, 6) is 0.911. The summed E-state index contributed by atoms with van der Waals surface area (Å²) in [4.78, 5) is 11.3. The van der Waals surface area contributed by atoms with E-state index in [0.29, 0.717) is 12.5 Å². The zero-order chi connectivity index (χ0) is 11.2. The zero-order valence-corrected chi connectivity index (χ0v) is 9.15.